The highest BCUT2D eigenvalue weighted by Gasteiger charge is 2.27. The molecule has 0 aliphatic heterocycles. The fourth-order valence-corrected chi connectivity index (χ4v) is 2.35. The van der Waals surface area contributed by atoms with Crippen LogP contribution in [0.15, 0.2) is 34.1 Å². The summed E-state index contributed by atoms with van der Waals surface area (Å²) in [5.74, 6) is 0.556. The van der Waals surface area contributed by atoms with Gasteiger partial charge in [0, 0.05) is 19.6 Å². The van der Waals surface area contributed by atoms with Gasteiger partial charge in [0.1, 0.15) is 0 Å². The van der Waals surface area contributed by atoms with E-state index in [4.69, 9.17) is 5.73 Å². The van der Waals surface area contributed by atoms with Crippen molar-refractivity contribution in [2.24, 2.45) is 10.7 Å². The zero-order valence-corrected chi connectivity index (χ0v) is 14.3. The lowest BCUT2D eigenvalue weighted by atomic mass is 10.3. The molecule has 6 nitrogen and oxygen atoms in total. The zero-order chi connectivity index (χ0) is 14.1. The Morgan fingerprint density at radius 2 is 2.19 bits per heavy atom. The molecule has 0 unspecified atom stereocenters. The molecule has 2 aromatic rings. The lowest BCUT2D eigenvalue weighted by Gasteiger charge is -2.16. The molecular formula is C14H20IN5O. The summed E-state index contributed by atoms with van der Waals surface area (Å²) in [5, 5.41) is 0. The number of imidazole rings is 1. The van der Waals surface area contributed by atoms with Crippen LogP contribution < -0.4 is 11.4 Å². The van der Waals surface area contributed by atoms with E-state index in [1.165, 1.54) is 12.8 Å². The van der Waals surface area contributed by atoms with Gasteiger partial charge >= 0.3 is 5.69 Å². The molecular weight excluding hydrogens is 381 g/mol. The van der Waals surface area contributed by atoms with Gasteiger partial charge in [0.15, 0.2) is 5.96 Å². The highest BCUT2D eigenvalue weighted by atomic mass is 127. The number of para-hydroxylation sites is 2. The van der Waals surface area contributed by atoms with E-state index in [-0.39, 0.29) is 29.7 Å². The molecule has 7 heteroatoms. The largest absolute Gasteiger partial charge is 0.370 e. The second-order valence-corrected chi connectivity index (χ2v) is 5.18. The number of benzene rings is 1. The maximum Gasteiger partial charge on any atom is 0.326 e. The third kappa shape index (κ3) is 3.39. The summed E-state index contributed by atoms with van der Waals surface area (Å²) in [6.07, 6.45) is 2.38. The molecule has 1 aromatic carbocycles. The number of halogens is 1. The molecule has 1 fully saturated rings. The number of nitrogens with two attached hydrogens (primary N) is 1. The van der Waals surface area contributed by atoms with Crippen molar-refractivity contribution in [1.82, 2.24) is 14.5 Å². The normalized spacial score (nSPS) is 15.0. The van der Waals surface area contributed by atoms with Crippen LogP contribution in [0, 0.1) is 0 Å². The Bertz CT molecular complexity index is 701. The van der Waals surface area contributed by atoms with E-state index in [1.54, 1.807) is 4.57 Å². The summed E-state index contributed by atoms with van der Waals surface area (Å²) in [6, 6.07) is 8.20. The van der Waals surface area contributed by atoms with E-state index in [2.05, 4.69) is 9.98 Å². The lowest BCUT2D eigenvalue weighted by molar-refractivity contribution is 0.486. The van der Waals surface area contributed by atoms with E-state index < -0.39 is 0 Å². The number of rotatable bonds is 4. The van der Waals surface area contributed by atoms with Gasteiger partial charge in [0.2, 0.25) is 0 Å². The van der Waals surface area contributed by atoms with Crippen molar-refractivity contribution in [3.05, 3.63) is 34.7 Å². The summed E-state index contributed by atoms with van der Waals surface area (Å²) in [4.78, 5) is 21.1. The highest BCUT2D eigenvalue weighted by molar-refractivity contribution is 14.0. The summed E-state index contributed by atoms with van der Waals surface area (Å²) in [7, 11) is 1.97. The molecule has 0 amide bonds. The van der Waals surface area contributed by atoms with Gasteiger partial charge < -0.3 is 15.6 Å². The van der Waals surface area contributed by atoms with Crippen LogP contribution in [0.2, 0.25) is 0 Å². The van der Waals surface area contributed by atoms with Crippen molar-refractivity contribution >= 4 is 41.0 Å². The van der Waals surface area contributed by atoms with Crippen molar-refractivity contribution in [2.75, 3.05) is 13.6 Å². The molecule has 114 valence electrons. The number of fused-ring (bicyclic) bond motifs is 1. The minimum atomic E-state index is -0.101. The molecule has 3 N–H and O–H groups in total. The molecule has 3 rings (SSSR count). The Balaban J connectivity index is 0.00000161. The molecule has 1 aromatic heterocycles. The SMILES string of the molecule is CN(C(N)=NCCn1c(=O)[nH]c2ccccc21)C1CC1.I. The topological polar surface area (TPSA) is 79.4 Å². The first-order chi connectivity index (χ1) is 9.66. The highest BCUT2D eigenvalue weighted by Crippen LogP contribution is 2.24. The number of nitrogens with zero attached hydrogens (tertiary/aromatic N) is 3. The first kappa shape index (κ1) is 15.9. The predicted molar refractivity (Wildman–Crippen MR) is 95.2 cm³/mol. The molecule has 0 radical (unpaired) electrons. The van der Waals surface area contributed by atoms with Crippen LogP contribution in [0.1, 0.15) is 12.8 Å². The number of guanidine groups is 1. The van der Waals surface area contributed by atoms with Gasteiger partial charge in [-0.25, -0.2) is 4.79 Å². The minimum absolute atomic E-state index is 0. The first-order valence-electron chi connectivity index (χ1n) is 6.87. The number of H-pyrrole nitrogens is 1. The Hall–Kier alpha value is -1.51. The summed E-state index contributed by atoms with van der Waals surface area (Å²) in [6.45, 7) is 1.03. The van der Waals surface area contributed by atoms with Crippen molar-refractivity contribution in [3.63, 3.8) is 0 Å². The Morgan fingerprint density at radius 3 is 2.90 bits per heavy atom. The van der Waals surface area contributed by atoms with Crippen LogP contribution in [-0.4, -0.2) is 40.0 Å². The maximum absolute atomic E-state index is 11.9. The van der Waals surface area contributed by atoms with Crippen LogP contribution in [0.25, 0.3) is 11.0 Å². The number of hydrogen-bond acceptors (Lipinski definition) is 2. The number of aromatic amines is 1. The van der Waals surface area contributed by atoms with E-state index in [0.717, 1.165) is 11.0 Å². The van der Waals surface area contributed by atoms with Gasteiger partial charge in [-0.15, -0.1) is 24.0 Å². The number of hydrogen-bond donors (Lipinski definition) is 2. The Labute approximate surface area is 140 Å². The molecule has 21 heavy (non-hydrogen) atoms. The molecule has 0 atom stereocenters. The molecule has 1 heterocycles. The van der Waals surface area contributed by atoms with E-state index in [0.29, 0.717) is 25.1 Å². The van der Waals surface area contributed by atoms with Crippen molar-refractivity contribution in [1.29, 1.82) is 0 Å². The van der Waals surface area contributed by atoms with Crippen molar-refractivity contribution in [3.8, 4) is 0 Å². The Morgan fingerprint density at radius 1 is 1.48 bits per heavy atom. The van der Waals surface area contributed by atoms with Gasteiger partial charge in [-0.3, -0.25) is 9.56 Å². The van der Waals surface area contributed by atoms with E-state index in [9.17, 15) is 4.79 Å². The second kappa shape index (κ2) is 6.50. The predicted octanol–water partition coefficient (Wildman–Crippen LogP) is 1.36. The van der Waals surface area contributed by atoms with Gasteiger partial charge in [-0.05, 0) is 25.0 Å². The molecule has 0 bridgehead atoms. The third-order valence-electron chi connectivity index (χ3n) is 3.73. The summed E-state index contributed by atoms with van der Waals surface area (Å²) in [5.41, 5.74) is 7.58. The third-order valence-corrected chi connectivity index (χ3v) is 3.73. The van der Waals surface area contributed by atoms with Crippen molar-refractivity contribution < 1.29 is 0 Å². The molecule has 0 saturated heterocycles. The van der Waals surface area contributed by atoms with Crippen molar-refractivity contribution in [2.45, 2.75) is 25.4 Å². The number of aliphatic imine (C=N–C) groups is 1. The molecule has 1 saturated carbocycles. The smallest absolute Gasteiger partial charge is 0.326 e. The quantitative estimate of drug-likeness (QED) is 0.461. The van der Waals surface area contributed by atoms with Gasteiger partial charge in [-0.2, -0.15) is 0 Å². The van der Waals surface area contributed by atoms with Crippen LogP contribution in [0.3, 0.4) is 0 Å². The lowest BCUT2D eigenvalue weighted by Crippen LogP contribution is -2.36. The van der Waals surface area contributed by atoms with Crippen LogP contribution >= 0.6 is 24.0 Å². The fourth-order valence-electron chi connectivity index (χ4n) is 2.35. The van der Waals surface area contributed by atoms with E-state index in [1.807, 2.05) is 36.2 Å². The fraction of sp³-hybridized carbons (Fsp3) is 0.429. The maximum atomic E-state index is 11.9. The second-order valence-electron chi connectivity index (χ2n) is 5.18. The summed E-state index contributed by atoms with van der Waals surface area (Å²) >= 11 is 0. The molecule has 1 aliphatic carbocycles. The summed E-state index contributed by atoms with van der Waals surface area (Å²) < 4.78 is 1.70. The minimum Gasteiger partial charge on any atom is -0.370 e. The average molecular weight is 401 g/mol. The van der Waals surface area contributed by atoms with E-state index >= 15 is 0 Å². The first-order valence-corrected chi connectivity index (χ1v) is 6.87. The van der Waals surface area contributed by atoms with Gasteiger partial charge in [0.25, 0.3) is 0 Å². The molecule has 1 aliphatic rings. The van der Waals surface area contributed by atoms with Gasteiger partial charge in [0.05, 0.1) is 17.6 Å². The monoisotopic (exact) mass is 401 g/mol. The standard InChI is InChI=1S/C14H19N5O.HI/c1-18(10-6-7-10)13(15)16-8-9-19-12-5-3-2-4-11(12)17-14(19)20;/h2-5,10H,6-9H2,1H3,(H2,15,16)(H,17,20);1H. The number of nitrogens with one attached hydrogen (secondary N) is 1. The van der Waals surface area contributed by atoms with Crippen LogP contribution in [0.5, 0.6) is 0 Å². The number of aromatic nitrogens is 2. The van der Waals surface area contributed by atoms with Gasteiger partial charge in [-0.1, -0.05) is 12.1 Å². The Kier molecular flexibility index (Phi) is 4.92. The molecule has 0 spiro atoms. The average Bonchev–Trinajstić information content (AvgIpc) is 3.23. The van der Waals surface area contributed by atoms with Crippen LogP contribution in [0.4, 0.5) is 0 Å². The zero-order valence-electron chi connectivity index (χ0n) is 12.0. The van der Waals surface area contributed by atoms with Crippen LogP contribution in [-0.2, 0) is 6.54 Å².